The van der Waals surface area contributed by atoms with Gasteiger partial charge in [-0.1, -0.05) is 45.4 Å². The summed E-state index contributed by atoms with van der Waals surface area (Å²) >= 11 is 0. The number of rotatable bonds is 7. The molecule has 0 unspecified atom stereocenters. The first-order valence-electron chi connectivity index (χ1n) is 12.4. The lowest BCUT2D eigenvalue weighted by Crippen LogP contribution is -2.42. The lowest BCUT2D eigenvalue weighted by atomic mass is 10.1. The van der Waals surface area contributed by atoms with Gasteiger partial charge >= 0.3 is 10.2 Å². The van der Waals surface area contributed by atoms with Crippen molar-refractivity contribution >= 4 is 31.6 Å². The molecule has 15 heteroatoms. The molecule has 2 aromatic heterocycles. The fourth-order valence-electron chi connectivity index (χ4n) is 4.59. The summed E-state index contributed by atoms with van der Waals surface area (Å²) in [5.41, 5.74) is 2.23. The number of fused-ring (bicyclic) bond motifs is 1. The van der Waals surface area contributed by atoms with Crippen molar-refractivity contribution in [2.75, 3.05) is 18.4 Å². The largest absolute Gasteiger partial charge is 0.382 e. The summed E-state index contributed by atoms with van der Waals surface area (Å²) in [7, 11) is -13.5. The van der Waals surface area contributed by atoms with E-state index in [1.165, 1.54) is 16.4 Å². The third kappa shape index (κ3) is 5.76. The van der Waals surface area contributed by atoms with Crippen molar-refractivity contribution in [3.63, 3.8) is 0 Å². The van der Waals surface area contributed by atoms with Crippen molar-refractivity contribution in [2.24, 2.45) is 0 Å². The van der Waals surface area contributed by atoms with Gasteiger partial charge < -0.3 is 5.32 Å². The quantitative estimate of drug-likeness (QED) is 0.233. The van der Waals surface area contributed by atoms with Gasteiger partial charge in [-0.25, -0.2) is 8.42 Å². The number of hydrogen-bond donors (Lipinski definition) is 1. The van der Waals surface area contributed by atoms with Gasteiger partial charge in [-0.05, 0) is 49.2 Å². The summed E-state index contributed by atoms with van der Waals surface area (Å²) < 4.78 is 94.4. The highest BCUT2D eigenvalue weighted by Crippen LogP contribution is 3.02. The maximum absolute atomic E-state index is 13.2. The Morgan fingerprint density at radius 1 is 0.925 bits per heavy atom. The van der Waals surface area contributed by atoms with E-state index in [2.05, 4.69) is 20.5 Å². The molecule has 216 valence electrons. The van der Waals surface area contributed by atoms with Crippen LogP contribution in [0.5, 0.6) is 0 Å². The molecule has 2 aromatic carbocycles. The van der Waals surface area contributed by atoms with Crippen LogP contribution in [0.2, 0.25) is 0 Å². The fourth-order valence-corrected chi connectivity index (χ4v) is 6.71. The van der Waals surface area contributed by atoms with E-state index < -0.39 is 25.1 Å². The molecule has 0 atom stereocenters. The first-order chi connectivity index (χ1) is 18.5. The Morgan fingerprint density at radius 3 is 2.12 bits per heavy atom. The molecule has 1 aliphatic rings. The molecular formula is C25H27F5N6O2S2. The Kier molecular flexibility index (Phi) is 6.43. The maximum atomic E-state index is 13.2. The van der Waals surface area contributed by atoms with Crippen LogP contribution in [-0.4, -0.2) is 51.4 Å². The number of anilines is 1. The SMILES string of the molecule is CC(C)c1nnc2cnc(-c3ccc(S(=O)(=O)N4CCC(Nc5ccc(S(F)(F)(F)(F)F)cc5)CC4)cc3)cn12. The average Bonchev–Trinajstić information content (AvgIpc) is 3.32. The van der Waals surface area contributed by atoms with Gasteiger partial charge in [-0.3, -0.25) is 9.38 Å². The van der Waals surface area contributed by atoms with Crippen LogP contribution in [-0.2, 0) is 10.0 Å². The van der Waals surface area contributed by atoms with Crippen LogP contribution in [0.3, 0.4) is 0 Å². The number of nitrogens with zero attached hydrogens (tertiary/aromatic N) is 5. The van der Waals surface area contributed by atoms with E-state index in [0.717, 1.165) is 23.5 Å². The minimum absolute atomic E-state index is 0.127. The number of nitrogens with one attached hydrogen (secondary N) is 1. The van der Waals surface area contributed by atoms with E-state index in [0.29, 0.717) is 36.3 Å². The second-order valence-corrected chi connectivity index (χ2v) is 14.4. The van der Waals surface area contributed by atoms with Crippen molar-refractivity contribution in [2.45, 2.75) is 48.4 Å². The Morgan fingerprint density at radius 2 is 1.55 bits per heavy atom. The Labute approximate surface area is 228 Å². The number of benzene rings is 2. The van der Waals surface area contributed by atoms with Crippen LogP contribution >= 0.6 is 10.2 Å². The second-order valence-electron chi connectivity index (χ2n) is 10.1. The highest BCUT2D eigenvalue weighted by Gasteiger charge is 2.65. The van der Waals surface area contributed by atoms with Crippen molar-refractivity contribution in [3.05, 3.63) is 66.7 Å². The van der Waals surface area contributed by atoms with Gasteiger partial charge in [0.05, 0.1) is 16.8 Å². The standard InChI is InChI=1S/C25H27F5N6O2S2/c1-17(2)25-34-33-24-15-31-23(16-36(24)25)18-3-7-21(8-4-18)39(37,38)35-13-11-20(12-14-35)32-19-5-9-22(10-6-19)40(26,27,28,29)30/h3-10,15-17,20,32H,11-14H2,1-2H3. The summed E-state index contributed by atoms with van der Waals surface area (Å²) in [6.45, 7) is 4.40. The van der Waals surface area contributed by atoms with Gasteiger partial charge in [0.2, 0.25) is 10.0 Å². The van der Waals surface area contributed by atoms with E-state index in [4.69, 9.17) is 0 Å². The second kappa shape index (κ2) is 9.11. The van der Waals surface area contributed by atoms with Gasteiger partial charge in [0.15, 0.2) is 5.65 Å². The first-order valence-corrected chi connectivity index (χ1v) is 15.8. The van der Waals surface area contributed by atoms with Crippen molar-refractivity contribution in [1.29, 1.82) is 0 Å². The summed E-state index contributed by atoms with van der Waals surface area (Å²) in [6.07, 6.45) is 4.21. The van der Waals surface area contributed by atoms with Crippen molar-refractivity contribution in [3.8, 4) is 11.3 Å². The molecule has 1 saturated heterocycles. The molecule has 0 radical (unpaired) electrons. The third-order valence-electron chi connectivity index (χ3n) is 6.75. The highest BCUT2D eigenvalue weighted by atomic mass is 32.5. The van der Waals surface area contributed by atoms with Crippen LogP contribution in [0.25, 0.3) is 16.9 Å². The summed E-state index contributed by atoms with van der Waals surface area (Å²) in [5, 5.41) is 11.3. The summed E-state index contributed by atoms with van der Waals surface area (Å²) in [4.78, 5) is 2.59. The Bertz CT molecular complexity index is 1650. The molecule has 40 heavy (non-hydrogen) atoms. The fraction of sp³-hybridized carbons (Fsp3) is 0.320. The van der Waals surface area contributed by atoms with Gasteiger partial charge in [-0.15, -0.1) is 10.2 Å². The number of aromatic nitrogens is 4. The molecule has 0 spiro atoms. The highest BCUT2D eigenvalue weighted by molar-refractivity contribution is 8.45. The van der Waals surface area contributed by atoms with E-state index >= 15 is 0 Å². The normalized spacial score (nSPS) is 17.6. The molecule has 1 aliphatic heterocycles. The zero-order valence-corrected chi connectivity index (χ0v) is 23.1. The zero-order chi connectivity index (χ0) is 29.0. The predicted octanol–water partition coefficient (Wildman–Crippen LogP) is 6.84. The molecule has 0 bridgehead atoms. The molecule has 0 amide bonds. The monoisotopic (exact) mass is 602 g/mol. The van der Waals surface area contributed by atoms with Crippen molar-refractivity contribution < 1.29 is 27.8 Å². The van der Waals surface area contributed by atoms with Crippen LogP contribution < -0.4 is 5.32 Å². The minimum atomic E-state index is -9.73. The smallest absolute Gasteiger partial charge is 0.310 e. The summed E-state index contributed by atoms with van der Waals surface area (Å²) in [6, 6.07) is 8.82. The maximum Gasteiger partial charge on any atom is 0.310 e. The Balaban J connectivity index is 1.24. The van der Waals surface area contributed by atoms with E-state index in [9.17, 15) is 27.8 Å². The lowest BCUT2D eigenvalue weighted by Gasteiger charge is -2.40. The number of halogens is 5. The zero-order valence-electron chi connectivity index (χ0n) is 21.5. The van der Waals surface area contributed by atoms with Crippen LogP contribution in [0.15, 0.2) is 70.7 Å². The van der Waals surface area contributed by atoms with Crippen LogP contribution in [0, 0.1) is 0 Å². The molecule has 0 aliphatic carbocycles. The molecule has 4 aromatic rings. The van der Waals surface area contributed by atoms with Gasteiger partial charge in [-0.2, -0.15) is 4.31 Å². The summed E-state index contributed by atoms with van der Waals surface area (Å²) in [5.74, 6) is 0.942. The van der Waals surface area contributed by atoms with E-state index in [1.807, 2.05) is 24.4 Å². The lowest BCUT2D eigenvalue weighted by molar-refractivity contribution is 0.330. The average molecular weight is 603 g/mol. The molecular weight excluding hydrogens is 575 g/mol. The first kappa shape index (κ1) is 28.2. The molecule has 5 rings (SSSR count). The van der Waals surface area contributed by atoms with E-state index in [-0.39, 0.29) is 35.6 Å². The van der Waals surface area contributed by atoms with Gasteiger partial charge in [0, 0.05) is 42.5 Å². The Hall–Kier alpha value is -3.30. The topological polar surface area (TPSA) is 92.5 Å². The molecule has 8 nitrogen and oxygen atoms in total. The molecule has 1 fully saturated rings. The number of piperidine rings is 1. The number of sulfonamides is 1. The van der Waals surface area contributed by atoms with Crippen LogP contribution in [0.4, 0.5) is 25.1 Å². The van der Waals surface area contributed by atoms with Gasteiger partial charge in [0.25, 0.3) is 0 Å². The molecule has 0 saturated carbocycles. The van der Waals surface area contributed by atoms with Crippen LogP contribution in [0.1, 0.15) is 38.4 Å². The van der Waals surface area contributed by atoms with Gasteiger partial charge in [0.1, 0.15) is 10.7 Å². The minimum Gasteiger partial charge on any atom is -0.382 e. The predicted molar refractivity (Wildman–Crippen MR) is 144 cm³/mol. The van der Waals surface area contributed by atoms with Crippen molar-refractivity contribution in [1.82, 2.24) is 23.9 Å². The molecule has 3 heterocycles. The number of hydrogen-bond acceptors (Lipinski definition) is 6. The third-order valence-corrected chi connectivity index (χ3v) is 9.82. The molecule has 1 N–H and O–H groups in total. The van der Waals surface area contributed by atoms with E-state index in [1.54, 1.807) is 18.3 Å².